The monoisotopic (exact) mass is 372 g/mol. The van der Waals surface area contributed by atoms with Gasteiger partial charge in [-0.1, -0.05) is 27.7 Å². The van der Waals surface area contributed by atoms with Gasteiger partial charge >= 0.3 is 0 Å². The van der Waals surface area contributed by atoms with Crippen LogP contribution >= 0.6 is 0 Å². The molecule has 0 aromatic rings. The summed E-state index contributed by atoms with van der Waals surface area (Å²) in [7, 11) is 0. The van der Waals surface area contributed by atoms with Crippen LogP contribution in [0.15, 0.2) is 0 Å². The van der Waals surface area contributed by atoms with E-state index in [-0.39, 0.29) is 0 Å². The highest BCUT2D eigenvalue weighted by Crippen LogP contribution is 2.07. The Labute approximate surface area is 162 Å². The molecule has 1 heterocycles. The molecule has 0 amide bonds. The van der Waals surface area contributed by atoms with E-state index in [0.717, 1.165) is 32.1 Å². The van der Waals surface area contributed by atoms with Crippen molar-refractivity contribution in [1.29, 1.82) is 0 Å². The molecule has 0 aromatic heterocycles. The lowest BCUT2D eigenvalue weighted by Crippen LogP contribution is -2.47. The van der Waals surface area contributed by atoms with Crippen LogP contribution in [0.2, 0.25) is 0 Å². The van der Waals surface area contributed by atoms with Crippen LogP contribution in [0.5, 0.6) is 0 Å². The van der Waals surface area contributed by atoms with Gasteiger partial charge in [-0.2, -0.15) is 0 Å². The van der Waals surface area contributed by atoms with Crippen LogP contribution in [0.3, 0.4) is 0 Å². The first-order valence-corrected chi connectivity index (χ1v) is 10.8. The van der Waals surface area contributed by atoms with Crippen molar-refractivity contribution in [3.63, 3.8) is 0 Å². The van der Waals surface area contributed by atoms with Crippen LogP contribution in [0, 0.1) is 11.8 Å². The van der Waals surface area contributed by atoms with Gasteiger partial charge in [0.1, 0.15) is 0 Å². The van der Waals surface area contributed by atoms with E-state index >= 15 is 0 Å². The number of hydrogen-bond donors (Lipinski definition) is 0. The van der Waals surface area contributed by atoms with Gasteiger partial charge < -0.3 is 19.1 Å². The van der Waals surface area contributed by atoms with Crippen LogP contribution < -0.4 is 0 Å². The summed E-state index contributed by atoms with van der Waals surface area (Å²) in [5, 5.41) is 0. The summed E-state index contributed by atoms with van der Waals surface area (Å²) in [6, 6.07) is 0. The molecule has 5 nitrogen and oxygen atoms in total. The third-order valence-electron chi connectivity index (χ3n) is 4.86. The van der Waals surface area contributed by atoms with Gasteiger partial charge in [-0.3, -0.25) is 4.90 Å². The van der Waals surface area contributed by atoms with E-state index < -0.39 is 0 Å². The molecule has 0 spiro atoms. The van der Waals surface area contributed by atoms with Gasteiger partial charge in [-0.25, -0.2) is 0 Å². The van der Waals surface area contributed by atoms with E-state index in [1.165, 1.54) is 45.6 Å². The molecule has 1 aliphatic heterocycles. The highest BCUT2D eigenvalue weighted by Gasteiger charge is 2.15. The Balaban J connectivity index is 1.82. The summed E-state index contributed by atoms with van der Waals surface area (Å²) in [6.45, 7) is 20.5. The zero-order valence-electron chi connectivity index (χ0n) is 17.9. The van der Waals surface area contributed by atoms with E-state index in [9.17, 15) is 0 Å². The van der Waals surface area contributed by atoms with E-state index in [1.807, 2.05) is 0 Å². The normalized spacial score (nSPS) is 16.8. The van der Waals surface area contributed by atoms with Crippen molar-refractivity contribution in [2.24, 2.45) is 11.8 Å². The second-order valence-corrected chi connectivity index (χ2v) is 8.24. The Bertz CT molecular complexity index is 306. The van der Waals surface area contributed by atoms with E-state index in [4.69, 9.17) is 14.2 Å². The minimum Gasteiger partial charge on any atom is -0.379 e. The largest absolute Gasteiger partial charge is 0.379 e. The molecule has 0 aromatic carbocycles. The van der Waals surface area contributed by atoms with E-state index in [1.54, 1.807) is 0 Å². The molecule has 0 saturated carbocycles. The molecular weight excluding hydrogens is 328 g/mol. The molecule has 0 unspecified atom stereocenters. The fraction of sp³-hybridized carbons (Fsp3) is 1.00. The quantitative estimate of drug-likeness (QED) is 0.389. The molecule has 5 heteroatoms. The highest BCUT2D eigenvalue weighted by atomic mass is 16.5. The number of rotatable bonds is 16. The van der Waals surface area contributed by atoms with Gasteiger partial charge in [0, 0.05) is 39.3 Å². The van der Waals surface area contributed by atoms with Gasteiger partial charge in [-0.15, -0.1) is 0 Å². The number of hydrogen-bond acceptors (Lipinski definition) is 5. The van der Waals surface area contributed by atoms with Gasteiger partial charge in [0.2, 0.25) is 0 Å². The molecule has 0 radical (unpaired) electrons. The van der Waals surface area contributed by atoms with Crippen molar-refractivity contribution in [3.05, 3.63) is 0 Å². The Morgan fingerprint density at radius 2 is 1.04 bits per heavy atom. The fourth-order valence-corrected chi connectivity index (χ4v) is 3.01. The summed E-state index contributed by atoms with van der Waals surface area (Å²) < 4.78 is 16.7. The second-order valence-electron chi connectivity index (χ2n) is 8.24. The third kappa shape index (κ3) is 13.9. The third-order valence-corrected chi connectivity index (χ3v) is 4.86. The minimum absolute atomic E-state index is 0.664. The molecule has 26 heavy (non-hydrogen) atoms. The van der Waals surface area contributed by atoms with Crippen molar-refractivity contribution >= 4 is 0 Å². The van der Waals surface area contributed by atoms with Crippen LogP contribution in [0.4, 0.5) is 0 Å². The standard InChI is InChI=1S/C21H44N2O3/c1-20(2)6-5-8-22-9-11-23(12-10-22)13-15-25-17-19-26-18-16-24-14-7-21(3)4/h20-21H,5-19H2,1-4H3. The van der Waals surface area contributed by atoms with Crippen LogP contribution in [0.1, 0.15) is 47.0 Å². The average Bonchev–Trinajstić information content (AvgIpc) is 2.60. The average molecular weight is 373 g/mol. The summed E-state index contributed by atoms with van der Waals surface area (Å²) in [5.74, 6) is 1.53. The molecule has 0 aliphatic carbocycles. The summed E-state index contributed by atoms with van der Waals surface area (Å²) in [4.78, 5) is 5.12. The van der Waals surface area contributed by atoms with Crippen molar-refractivity contribution in [3.8, 4) is 0 Å². The number of piperazine rings is 1. The first kappa shape index (κ1) is 23.8. The smallest absolute Gasteiger partial charge is 0.0701 e. The Hall–Kier alpha value is -0.200. The Morgan fingerprint density at radius 3 is 1.58 bits per heavy atom. The summed E-state index contributed by atoms with van der Waals surface area (Å²) in [5.41, 5.74) is 0. The molecule has 1 aliphatic rings. The Morgan fingerprint density at radius 1 is 0.577 bits per heavy atom. The molecule has 0 N–H and O–H groups in total. The van der Waals surface area contributed by atoms with Crippen molar-refractivity contribution in [2.75, 3.05) is 78.9 Å². The van der Waals surface area contributed by atoms with Gasteiger partial charge in [0.25, 0.3) is 0 Å². The maximum absolute atomic E-state index is 5.69. The van der Waals surface area contributed by atoms with Crippen LogP contribution in [-0.2, 0) is 14.2 Å². The first-order chi connectivity index (χ1) is 12.6. The number of nitrogens with zero attached hydrogens (tertiary/aromatic N) is 2. The molecule has 1 saturated heterocycles. The van der Waals surface area contributed by atoms with Crippen LogP contribution in [0.25, 0.3) is 0 Å². The highest BCUT2D eigenvalue weighted by molar-refractivity contribution is 4.71. The van der Waals surface area contributed by atoms with Gasteiger partial charge in [0.15, 0.2) is 0 Å². The maximum Gasteiger partial charge on any atom is 0.0701 e. The van der Waals surface area contributed by atoms with E-state index in [0.29, 0.717) is 32.3 Å². The molecule has 156 valence electrons. The molecule has 1 rings (SSSR count). The van der Waals surface area contributed by atoms with Crippen molar-refractivity contribution < 1.29 is 14.2 Å². The molecular formula is C21H44N2O3. The Kier molecular flexibility index (Phi) is 14.5. The van der Waals surface area contributed by atoms with Crippen LogP contribution in [-0.4, -0.2) is 88.7 Å². The molecule has 0 atom stereocenters. The summed E-state index contributed by atoms with van der Waals surface area (Å²) >= 11 is 0. The van der Waals surface area contributed by atoms with E-state index in [2.05, 4.69) is 37.5 Å². The fourth-order valence-electron chi connectivity index (χ4n) is 3.01. The minimum atomic E-state index is 0.664. The van der Waals surface area contributed by atoms with Gasteiger partial charge in [0.05, 0.1) is 33.0 Å². The van der Waals surface area contributed by atoms with Crippen molar-refractivity contribution in [2.45, 2.75) is 47.0 Å². The summed E-state index contributed by atoms with van der Waals surface area (Å²) in [6.07, 6.45) is 3.80. The lowest BCUT2D eigenvalue weighted by Gasteiger charge is -2.34. The van der Waals surface area contributed by atoms with Gasteiger partial charge in [-0.05, 0) is 37.6 Å². The lowest BCUT2D eigenvalue weighted by atomic mass is 10.1. The molecule has 1 fully saturated rings. The lowest BCUT2D eigenvalue weighted by molar-refractivity contribution is 0.00656. The predicted octanol–water partition coefficient (Wildman–Crippen LogP) is 3.14. The maximum atomic E-state index is 5.69. The zero-order chi connectivity index (χ0) is 19.0. The second kappa shape index (κ2) is 15.8. The SMILES string of the molecule is CC(C)CCCN1CCN(CCOCCOCCOCCC(C)C)CC1. The zero-order valence-corrected chi connectivity index (χ0v) is 17.9. The topological polar surface area (TPSA) is 34.2 Å². The molecule has 0 bridgehead atoms. The predicted molar refractivity (Wildman–Crippen MR) is 109 cm³/mol. The number of ether oxygens (including phenoxy) is 3. The first-order valence-electron chi connectivity index (χ1n) is 10.8. The van der Waals surface area contributed by atoms with Crippen molar-refractivity contribution in [1.82, 2.24) is 9.80 Å².